The van der Waals surface area contributed by atoms with Crippen molar-refractivity contribution in [1.29, 1.82) is 0 Å². The van der Waals surface area contributed by atoms with Gasteiger partial charge in [-0.05, 0) is 44.0 Å². The molecule has 25 heavy (non-hydrogen) atoms. The number of hydrogen-bond acceptors (Lipinski definition) is 3. The van der Waals surface area contributed by atoms with Crippen LogP contribution in [0.4, 0.5) is 5.69 Å². The van der Waals surface area contributed by atoms with Crippen LogP contribution in [0, 0.1) is 13.8 Å². The maximum absolute atomic E-state index is 11.9. The molecule has 0 saturated heterocycles. The molecule has 2 amide bonds. The van der Waals surface area contributed by atoms with E-state index >= 15 is 0 Å². The Bertz CT molecular complexity index is 824. The lowest BCUT2D eigenvalue weighted by atomic mass is 10.1. The van der Waals surface area contributed by atoms with Gasteiger partial charge >= 0.3 is 11.8 Å². The Labute approximate surface area is 147 Å². The average molecular weight is 335 g/mol. The predicted octanol–water partition coefficient (Wildman–Crippen LogP) is 3.45. The summed E-state index contributed by atoms with van der Waals surface area (Å²) < 4.78 is 0. The molecule has 0 aliphatic heterocycles. The van der Waals surface area contributed by atoms with Crippen LogP contribution in [0.25, 0.3) is 6.08 Å². The van der Waals surface area contributed by atoms with E-state index in [1.165, 1.54) is 0 Å². The molecule has 0 bridgehead atoms. The minimum absolute atomic E-state index is 0.580. The number of anilines is 1. The lowest BCUT2D eigenvalue weighted by molar-refractivity contribution is -0.136. The second-order valence-corrected chi connectivity index (χ2v) is 5.71. The second-order valence-electron chi connectivity index (χ2n) is 5.71. The first-order chi connectivity index (χ1) is 12.0. The molecule has 5 nitrogen and oxygen atoms in total. The van der Waals surface area contributed by atoms with Gasteiger partial charge in [0.25, 0.3) is 0 Å². The van der Waals surface area contributed by atoms with E-state index in [1.54, 1.807) is 19.1 Å². The number of nitrogens with one attached hydrogen (secondary N) is 2. The number of hydrazone groups is 1. The summed E-state index contributed by atoms with van der Waals surface area (Å²) in [6.45, 7) is 5.57. The SMILES string of the molecule is CC(/C=C/c1ccccc1)=NNC(=O)C(=O)Nc1ccc(C)cc1C. The standard InChI is InChI=1S/C20H21N3O2/c1-14-9-12-18(15(2)13-14)21-19(24)20(25)23-22-16(3)10-11-17-7-5-4-6-8-17/h4-13H,1-3H3,(H,21,24)(H,23,25)/b11-10+,22-16?. The van der Waals surface area contributed by atoms with Crippen LogP contribution in [0.1, 0.15) is 23.6 Å². The number of carbonyl (C=O) groups excluding carboxylic acids is 2. The summed E-state index contributed by atoms with van der Waals surface area (Å²) in [5, 5.41) is 6.49. The van der Waals surface area contributed by atoms with Crippen LogP contribution in [-0.4, -0.2) is 17.5 Å². The van der Waals surface area contributed by atoms with Crippen molar-refractivity contribution < 1.29 is 9.59 Å². The molecular weight excluding hydrogens is 314 g/mol. The van der Waals surface area contributed by atoms with Crippen LogP contribution in [0.3, 0.4) is 0 Å². The molecule has 0 fully saturated rings. The van der Waals surface area contributed by atoms with Gasteiger partial charge in [-0.15, -0.1) is 0 Å². The van der Waals surface area contributed by atoms with E-state index in [9.17, 15) is 9.59 Å². The number of hydrogen-bond donors (Lipinski definition) is 2. The van der Waals surface area contributed by atoms with Crippen LogP contribution < -0.4 is 10.7 Å². The van der Waals surface area contributed by atoms with Crippen molar-refractivity contribution in [3.8, 4) is 0 Å². The van der Waals surface area contributed by atoms with Gasteiger partial charge < -0.3 is 5.32 Å². The first-order valence-electron chi connectivity index (χ1n) is 7.91. The van der Waals surface area contributed by atoms with Crippen LogP contribution in [0.15, 0.2) is 59.7 Å². The molecule has 0 aliphatic rings. The van der Waals surface area contributed by atoms with Crippen molar-refractivity contribution in [2.45, 2.75) is 20.8 Å². The summed E-state index contributed by atoms with van der Waals surface area (Å²) in [5.41, 5.74) is 6.45. The third kappa shape index (κ3) is 5.73. The summed E-state index contributed by atoms with van der Waals surface area (Å²) in [4.78, 5) is 23.8. The molecule has 0 spiro atoms. The molecule has 0 saturated carbocycles. The van der Waals surface area contributed by atoms with Gasteiger partial charge in [0.2, 0.25) is 0 Å². The van der Waals surface area contributed by atoms with Crippen molar-refractivity contribution in [3.05, 3.63) is 71.3 Å². The van der Waals surface area contributed by atoms with E-state index in [4.69, 9.17) is 0 Å². The van der Waals surface area contributed by atoms with Crippen LogP contribution in [0.2, 0.25) is 0 Å². The maximum atomic E-state index is 11.9. The fraction of sp³-hybridized carbons (Fsp3) is 0.150. The van der Waals surface area contributed by atoms with Crippen molar-refractivity contribution in [2.24, 2.45) is 5.10 Å². The number of nitrogens with zero attached hydrogens (tertiary/aromatic N) is 1. The van der Waals surface area contributed by atoms with E-state index in [1.807, 2.05) is 62.4 Å². The quantitative estimate of drug-likeness (QED) is 0.510. The zero-order valence-electron chi connectivity index (χ0n) is 14.5. The van der Waals surface area contributed by atoms with Gasteiger partial charge in [0.05, 0.1) is 5.71 Å². The number of rotatable bonds is 4. The fourth-order valence-electron chi connectivity index (χ4n) is 2.14. The molecule has 0 unspecified atom stereocenters. The number of carbonyl (C=O) groups is 2. The van der Waals surface area contributed by atoms with Gasteiger partial charge in [0, 0.05) is 5.69 Å². The van der Waals surface area contributed by atoms with Crippen LogP contribution >= 0.6 is 0 Å². The lowest BCUT2D eigenvalue weighted by Gasteiger charge is -2.08. The monoisotopic (exact) mass is 335 g/mol. The summed E-state index contributed by atoms with van der Waals surface area (Å²) in [6, 6.07) is 15.3. The number of aryl methyl sites for hydroxylation is 2. The van der Waals surface area contributed by atoms with E-state index in [2.05, 4.69) is 15.8 Å². The lowest BCUT2D eigenvalue weighted by Crippen LogP contribution is -2.33. The Morgan fingerprint density at radius 1 is 1.00 bits per heavy atom. The molecule has 2 aromatic rings. The molecule has 0 aromatic heterocycles. The molecule has 0 heterocycles. The molecular formula is C20H21N3O2. The molecule has 0 radical (unpaired) electrons. The van der Waals surface area contributed by atoms with Crippen LogP contribution in [-0.2, 0) is 9.59 Å². The van der Waals surface area contributed by atoms with Crippen molar-refractivity contribution in [1.82, 2.24) is 5.43 Å². The van der Waals surface area contributed by atoms with E-state index in [-0.39, 0.29) is 0 Å². The summed E-state index contributed by atoms with van der Waals surface area (Å²) in [7, 11) is 0. The highest BCUT2D eigenvalue weighted by molar-refractivity contribution is 6.39. The number of amides is 2. The Hall–Kier alpha value is -3.21. The molecule has 2 N–H and O–H groups in total. The summed E-state index contributed by atoms with van der Waals surface area (Å²) in [5.74, 6) is -1.57. The van der Waals surface area contributed by atoms with Gasteiger partial charge in [0.1, 0.15) is 0 Å². The second kappa shape index (κ2) is 8.59. The zero-order chi connectivity index (χ0) is 18.2. The highest BCUT2D eigenvalue weighted by atomic mass is 16.2. The van der Waals surface area contributed by atoms with Gasteiger partial charge in [-0.1, -0.05) is 54.1 Å². The zero-order valence-corrected chi connectivity index (χ0v) is 14.5. The number of benzene rings is 2. The minimum atomic E-state index is -0.813. The van der Waals surface area contributed by atoms with Gasteiger partial charge in [-0.25, -0.2) is 5.43 Å². The van der Waals surface area contributed by atoms with Gasteiger partial charge in [-0.2, -0.15) is 5.10 Å². The highest BCUT2D eigenvalue weighted by Crippen LogP contribution is 2.15. The van der Waals surface area contributed by atoms with Gasteiger partial charge in [0.15, 0.2) is 0 Å². The van der Waals surface area contributed by atoms with E-state index in [0.717, 1.165) is 16.7 Å². The molecule has 128 valence electrons. The maximum Gasteiger partial charge on any atom is 0.329 e. The Balaban J connectivity index is 1.92. The minimum Gasteiger partial charge on any atom is -0.317 e. The topological polar surface area (TPSA) is 70.6 Å². The van der Waals surface area contributed by atoms with Crippen molar-refractivity contribution >= 4 is 29.3 Å². The Morgan fingerprint density at radius 3 is 2.40 bits per heavy atom. The van der Waals surface area contributed by atoms with E-state index < -0.39 is 11.8 Å². The van der Waals surface area contributed by atoms with Gasteiger partial charge in [-0.3, -0.25) is 9.59 Å². The summed E-state index contributed by atoms with van der Waals surface area (Å²) >= 11 is 0. The molecule has 0 aliphatic carbocycles. The molecule has 2 rings (SSSR count). The third-order valence-electron chi connectivity index (χ3n) is 3.49. The molecule has 0 atom stereocenters. The first-order valence-corrected chi connectivity index (χ1v) is 7.91. The normalized spacial score (nSPS) is 11.4. The fourth-order valence-corrected chi connectivity index (χ4v) is 2.14. The van der Waals surface area contributed by atoms with Crippen LogP contribution in [0.5, 0.6) is 0 Å². The van der Waals surface area contributed by atoms with Crippen molar-refractivity contribution in [3.63, 3.8) is 0 Å². The molecule has 2 aromatic carbocycles. The number of allylic oxidation sites excluding steroid dienone is 1. The Morgan fingerprint density at radius 2 is 1.72 bits per heavy atom. The highest BCUT2D eigenvalue weighted by Gasteiger charge is 2.14. The molecule has 5 heteroatoms. The van der Waals surface area contributed by atoms with E-state index in [0.29, 0.717) is 11.4 Å². The first kappa shape index (κ1) is 18.1. The summed E-state index contributed by atoms with van der Waals surface area (Å²) in [6.07, 6.45) is 3.64. The smallest absolute Gasteiger partial charge is 0.317 e. The largest absolute Gasteiger partial charge is 0.329 e. The Kier molecular flexibility index (Phi) is 6.23. The van der Waals surface area contributed by atoms with Crippen molar-refractivity contribution in [2.75, 3.05) is 5.32 Å². The average Bonchev–Trinajstić information content (AvgIpc) is 2.61. The predicted molar refractivity (Wildman–Crippen MR) is 101 cm³/mol. The third-order valence-corrected chi connectivity index (χ3v) is 3.49.